The summed E-state index contributed by atoms with van der Waals surface area (Å²) in [5.74, 6) is -7.62. The van der Waals surface area contributed by atoms with Crippen LogP contribution < -0.4 is 0 Å². The van der Waals surface area contributed by atoms with E-state index in [1.54, 1.807) is 4.90 Å². The van der Waals surface area contributed by atoms with Crippen LogP contribution >= 0.6 is 0 Å². The number of para-hydroxylation sites is 3. The molecule has 0 radical (unpaired) electrons. The van der Waals surface area contributed by atoms with Gasteiger partial charge in [-0.1, -0.05) is 61.5 Å². The van der Waals surface area contributed by atoms with E-state index < -0.39 is 76.6 Å². The number of nitrogens with zero attached hydrogens (tertiary/aromatic N) is 3. The highest BCUT2D eigenvalue weighted by Crippen LogP contribution is 2.48. The maximum Gasteiger partial charge on any atom is 0.328 e. The summed E-state index contributed by atoms with van der Waals surface area (Å²) in [6.45, 7) is 12.0. The molecule has 22 heteroatoms. The largest absolute Gasteiger partial charge is 0.478 e. The normalized spacial score (nSPS) is 22.2. The highest BCUT2D eigenvalue weighted by atomic mass is 19.2. The maximum absolute atomic E-state index is 15.5. The molecule has 9 aromatic rings. The van der Waals surface area contributed by atoms with E-state index in [0.29, 0.717) is 57.5 Å². The Kier molecular flexibility index (Phi) is 18.8. The molecular formula is C76H73F7N6O9. The minimum absolute atomic E-state index is 0.0166. The van der Waals surface area contributed by atoms with Gasteiger partial charge in [0, 0.05) is 134 Å². The number of hydrogen-bond donors (Lipinski definition) is 6. The average Bonchev–Trinajstić information content (AvgIpc) is 1.49. The first kappa shape index (κ1) is 67.4. The highest BCUT2D eigenvalue weighted by Gasteiger charge is 2.48. The summed E-state index contributed by atoms with van der Waals surface area (Å²) in [5.41, 5.74) is 6.71. The Morgan fingerprint density at radius 2 is 0.796 bits per heavy atom. The van der Waals surface area contributed by atoms with Crippen molar-refractivity contribution in [2.24, 2.45) is 11.3 Å². The Bertz CT molecular complexity index is 4400. The maximum atomic E-state index is 15.5. The molecule has 0 bridgehead atoms. The fourth-order valence-electron chi connectivity index (χ4n) is 15.0. The van der Waals surface area contributed by atoms with Crippen molar-refractivity contribution >= 4 is 68.8 Å². The predicted octanol–water partition coefficient (Wildman–Crippen LogP) is 14.1. The molecule has 3 aromatic heterocycles. The van der Waals surface area contributed by atoms with E-state index in [-0.39, 0.29) is 76.7 Å². The van der Waals surface area contributed by atoms with Crippen LogP contribution in [0.5, 0.6) is 0 Å². The molecule has 0 aliphatic carbocycles. The van der Waals surface area contributed by atoms with Crippen molar-refractivity contribution < 1.29 is 74.6 Å². The fourth-order valence-corrected chi connectivity index (χ4v) is 15.0. The number of aromatic nitrogens is 3. The van der Waals surface area contributed by atoms with Gasteiger partial charge in [0.25, 0.3) is 0 Å². The molecule has 6 atom stereocenters. The number of aromatic amines is 3. The van der Waals surface area contributed by atoms with Crippen LogP contribution in [0.25, 0.3) is 50.9 Å². The molecule has 0 spiro atoms. The SMILES string of the molecule is CC1Cc2c([nH]c3ccccc23)C(c2c(F)cc(/C=C/C(=O)O)cc2F)N1CC1(C)COC1.CC1Cc2c([nH]c3ccccc23)C(c2c(F)cc(/C=C/C(=O)O)cc2F)N1CC1(F)COC1.CC1Cc2c([nH]c3ccccc23)C(c2c(F)cc(/C=C/C(=O)O)cc2F)N1CC1COC1. The summed E-state index contributed by atoms with van der Waals surface area (Å²) >= 11 is 0. The standard InChI is InChI=1S/C26H26F2N2O3.C25H23F3N2O3.C25H24F2N2O3/c1-15-9-18-17-5-3-4-6-21(17)29-24(18)25(30(15)12-26(2)13-33-14-26)23-19(27)10-16(11-20(23)28)7-8-22(31)32;1-14-8-17-16-4-2-3-5-20(16)29-23(17)24(30(14)11-25(28)12-33-13-25)22-18(26)9-15(10-19(22)27)6-7-21(31)32;1-14-8-18-17-4-2-3-5-21(17)28-24(18)25(29(14)11-16-12-32-13-16)23-19(26)9-15(10-20(23)27)6-7-22(30)31/h3-8,10-11,15,25,29H,9,12-14H2,1-2H3,(H,31,32);2-7,9-10,14,24,29H,8,11-13H2,1H3,(H,31,32);2-7,9-10,14,16,25,28H,8,11-13H2,1H3,(H,30,31)/b8-7+;2*7-6+. The summed E-state index contributed by atoms with van der Waals surface area (Å²) in [6.07, 6.45) is 8.25. The zero-order chi connectivity index (χ0) is 69.1. The third-order valence-electron chi connectivity index (χ3n) is 19.8. The molecule has 510 valence electrons. The smallest absolute Gasteiger partial charge is 0.328 e. The number of H-pyrrole nitrogens is 3. The lowest BCUT2D eigenvalue weighted by Crippen LogP contribution is -2.57. The van der Waals surface area contributed by atoms with Gasteiger partial charge in [-0.05, 0) is 146 Å². The number of nitrogens with one attached hydrogen (secondary N) is 3. The lowest BCUT2D eigenvalue weighted by Gasteiger charge is -2.48. The quantitative estimate of drug-likeness (QED) is 0.0420. The van der Waals surface area contributed by atoms with Gasteiger partial charge >= 0.3 is 17.9 Å². The number of carboxylic acids is 3. The molecular weight excluding hydrogens is 1270 g/mol. The van der Waals surface area contributed by atoms with Crippen LogP contribution in [-0.2, 0) is 47.9 Å². The van der Waals surface area contributed by atoms with Gasteiger partial charge in [0.1, 0.15) is 34.9 Å². The molecule has 9 heterocycles. The van der Waals surface area contributed by atoms with E-state index in [2.05, 4.69) is 45.5 Å². The average molecular weight is 1350 g/mol. The first-order valence-electron chi connectivity index (χ1n) is 32.6. The monoisotopic (exact) mass is 1350 g/mol. The van der Waals surface area contributed by atoms with Gasteiger partial charge in [0.05, 0.1) is 57.8 Å². The summed E-state index contributed by atoms with van der Waals surface area (Å²) < 4.78 is 124. The molecule has 15 nitrogen and oxygen atoms in total. The van der Waals surface area contributed by atoms with Crippen molar-refractivity contribution in [3.63, 3.8) is 0 Å². The van der Waals surface area contributed by atoms with Crippen LogP contribution in [0.2, 0.25) is 0 Å². The number of fused-ring (bicyclic) bond motifs is 9. The number of hydrogen-bond acceptors (Lipinski definition) is 9. The summed E-state index contributed by atoms with van der Waals surface area (Å²) in [4.78, 5) is 48.8. The minimum Gasteiger partial charge on any atom is -0.478 e. The van der Waals surface area contributed by atoms with Crippen molar-refractivity contribution in [1.29, 1.82) is 0 Å². The van der Waals surface area contributed by atoms with Gasteiger partial charge in [-0.3, -0.25) is 14.7 Å². The topological polar surface area (TPSA) is 197 Å². The Morgan fingerprint density at radius 3 is 1.09 bits per heavy atom. The van der Waals surface area contributed by atoms with Crippen LogP contribution in [0, 0.1) is 46.2 Å². The van der Waals surface area contributed by atoms with Gasteiger partial charge in [-0.15, -0.1) is 0 Å². The van der Waals surface area contributed by atoms with Crippen LogP contribution in [0.4, 0.5) is 30.7 Å². The van der Waals surface area contributed by atoms with Crippen molar-refractivity contribution in [2.45, 2.75) is 88.9 Å². The van der Waals surface area contributed by atoms with Gasteiger partial charge in [-0.2, -0.15) is 0 Å². The predicted molar refractivity (Wildman–Crippen MR) is 357 cm³/mol. The Balaban J connectivity index is 0.000000132. The zero-order valence-corrected chi connectivity index (χ0v) is 54.2. The minimum atomic E-state index is -1.58. The molecule has 15 rings (SSSR count). The third-order valence-corrected chi connectivity index (χ3v) is 19.8. The molecule has 6 unspecified atom stereocenters. The molecule has 3 saturated heterocycles. The van der Waals surface area contributed by atoms with Crippen LogP contribution in [0.1, 0.15) is 113 Å². The summed E-state index contributed by atoms with van der Waals surface area (Å²) in [7, 11) is 0. The summed E-state index contributed by atoms with van der Waals surface area (Å²) in [5, 5.41) is 29.6. The first-order valence-corrected chi connectivity index (χ1v) is 32.6. The van der Waals surface area contributed by atoms with Gasteiger partial charge in [0.15, 0.2) is 5.67 Å². The van der Waals surface area contributed by atoms with Crippen molar-refractivity contribution in [1.82, 2.24) is 29.7 Å². The van der Waals surface area contributed by atoms with Crippen molar-refractivity contribution in [2.75, 3.05) is 59.3 Å². The van der Waals surface area contributed by atoms with Gasteiger partial charge < -0.3 is 44.5 Å². The zero-order valence-electron chi connectivity index (χ0n) is 54.2. The number of halogens is 7. The number of benzene rings is 6. The van der Waals surface area contributed by atoms with E-state index in [1.807, 2.05) is 79.7 Å². The Hall–Kier alpha value is -9.16. The highest BCUT2D eigenvalue weighted by molar-refractivity contribution is 5.89. The van der Waals surface area contributed by atoms with Crippen LogP contribution in [-0.4, -0.2) is 146 Å². The number of ether oxygens (including phenoxy) is 3. The van der Waals surface area contributed by atoms with Gasteiger partial charge in [-0.25, -0.2) is 45.1 Å². The van der Waals surface area contributed by atoms with Crippen LogP contribution in [0.15, 0.2) is 127 Å². The second-order valence-electron chi connectivity index (χ2n) is 27.2. The first-order chi connectivity index (χ1) is 46.9. The lowest BCUT2D eigenvalue weighted by atomic mass is 9.82. The fraction of sp³-hybridized carbons (Fsp3) is 0.329. The van der Waals surface area contributed by atoms with E-state index in [9.17, 15) is 14.4 Å². The second kappa shape index (κ2) is 27.3. The number of carboxylic acid groups (broad SMARTS) is 3. The third kappa shape index (κ3) is 13.4. The lowest BCUT2D eigenvalue weighted by molar-refractivity contribution is -0.148. The molecule has 98 heavy (non-hydrogen) atoms. The molecule has 6 aliphatic heterocycles. The number of alkyl halides is 1. The molecule has 3 fully saturated rings. The van der Waals surface area contributed by atoms with E-state index in [0.717, 1.165) is 110 Å². The van der Waals surface area contributed by atoms with Crippen LogP contribution in [0.3, 0.4) is 0 Å². The van der Waals surface area contributed by atoms with Crippen molar-refractivity contribution in [3.05, 3.63) is 229 Å². The summed E-state index contributed by atoms with van der Waals surface area (Å²) in [6, 6.07) is 28.4. The molecule has 0 saturated carbocycles. The molecule has 6 aliphatic rings. The second-order valence-corrected chi connectivity index (χ2v) is 27.2. The Labute approximate surface area is 559 Å². The molecule has 6 aromatic carbocycles. The Morgan fingerprint density at radius 1 is 0.480 bits per heavy atom. The number of rotatable bonds is 15. The number of carbonyl (C=O) groups is 3. The molecule has 0 amide bonds. The van der Waals surface area contributed by atoms with Crippen molar-refractivity contribution in [3.8, 4) is 0 Å². The number of aliphatic carboxylic acids is 3. The van der Waals surface area contributed by atoms with Gasteiger partial charge in [0.2, 0.25) is 0 Å². The molecule has 6 N–H and O–H groups in total. The van der Waals surface area contributed by atoms with E-state index in [4.69, 9.17) is 29.5 Å². The van der Waals surface area contributed by atoms with E-state index in [1.165, 1.54) is 36.4 Å². The van der Waals surface area contributed by atoms with E-state index >= 15 is 30.7 Å².